The quantitative estimate of drug-likeness (QED) is 0.541. The van der Waals surface area contributed by atoms with Gasteiger partial charge in [-0.3, -0.25) is 0 Å². The number of aliphatic imine (C=N–C) groups is 1. The summed E-state index contributed by atoms with van der Waals surface area (Å²) in [4.78, 5) is 16.1. The van der Waals surface area contributed by atoms with Gasteiger partial charge in [-0.2, -0.15) is 0 Å². The highest BCUT2D eigenvalue weighted by molar-refractivity contribution is 9.10. The van der Waals surface area contributed by atoms with E-state index in [0.717, 1.165) is 15.6 Å². The van der Waals surface area contributed by atoms with Crippen molar-refractivity contribution in [2.45, 2.75) is 0 Å². The maximum atomic E-state index is 11.9. The highest BCUT2D eigenvalue weighted by Gasteiger charge is 2.21. The van der Waals surface area contributed by atoms with Crippen LogP contribution in [0.2, 0.25) is 5.02 Å². The first kappa shape index (κ1) is 15.7. The van der Waals surface area contributed by atoms with Crippen LogP contribution in [-0.2, 0) is 9.53 Å². The molecule has 0 fully saturated rings. The molecule has 1 aliphatic heterocycles. The van der Waals surface area contributed by atoms with Crippen LogP contribution in [0, 0.1) is 0 Å². The summed E-state index contributed by atoms with van der Waals surface area (Å²) >= 11 is 9.23. The molecule has 0 radical (unpaired) electrons. The van der Waals surface area contributed by atoms with Crippen molar-refractivity contribution in [3.8, 4) is 0 Å². The molecule has 0 aromatic heterocycles. The number of cyclic esters (lactones) is 1. The van der Waals surface area contributed by atoms with Crippen molar-refractivity contribution in [2.24, 2.45) is 4.99 Å². The molecule has 2 aromatic carbocycles. The lowest BCUT2D eigenvalue weighted by Gasteiger charge is -1.95. The number of hydrogen-bond acceptors (Lipinski definition) is 3. The number of benzene rings is 2. The minimum atomic E-state index is -0.458. The lowest BCUT2D eigenvalue weighted by molar-refractivity contribution is -0.129. The second-order valence-corrected chi connectivity index (χ2v) is 6.16. The number of esters is 1. The molecule has 0 atom stereocenters. The molecule has 0 bridgehead atoms. The van der Waals surface area contributed by atoms with Gasteiger partial charge in [0.05, 0.1) is 0 Å². The summed E-state index contributed by atoms with van der Waals surface area (Å²) in [6.07, 6.45) is 5.16. The molecule has 114 valence electrons. The molecule has 3 nitrogen and oxygen atoms in total. The molecule has 0 aliphatic carbocycles. The maximum absolute atomic E-state index is 11.9. The Morgan fingerprint density at radius 2 is 1.83 bits per heavy atom. The second-order valence-electron chi connectivity index (χ2n) is 4.81. The normalized spacial score (nSPS) is 16.0. The maximum Gasteiger partial charge on any atom is 0.363 e. The third-order valence-electron chi connectivity index (χ3n) is 3.08. The van der Waals surface area contributed by atoms with Crippen molar-refractivity contribution in [1.82, 2.24) is 0 Å². The smallest absolute Gasteiger partial charge is 0.363 e. The number of halogens is 2. The van der Waals surface area contributed by atoms with E-state index >= 15 is 0 Å². The van der Waals surface area contributed by atoms with Gasteiger partial charge in [0, 0.05) is 15.6 Å². The molecule has 0 N–H and O–H groups in total. The molecule has 1 heterocycles. The summed E-state index contributed by atoms with van der Waals surface area (Å²) in [7, 11) is 0. The van der Waals surface area contributed by atoms with Crippen molar-refractivity contribution in [3.63, 3.8) is 0 Å². The summed E-state index contributed by atoms with van der Waals surface area (Å²) in [5.74, 6) is -0.188. The van der Waals surface area contributed by atoms with E-state index in [-0.39, 0.29) is 11.6 Å². The van der Waals surface area contributed by atoms with Gasteiger partial charge in [-0.25, -0.2) is 9.79 Å². The fourth-order valence-electron chi connectivity index (χ4n) is 1.99. The molecule has 2 aromatic rings. The zero-order chi connectivity index (χ0) is 16.2. The first-order chi connectivity index (χ1) is 11.1. The molecule has 0 saturated heterocycles. The van der Waals surface area contributed by atoms with Gasteiger partial charge in [0.1, 0.15) is 0 Å². The molecule has 0 unspecified atom stereocenters. The van der Waals surface area contributed by atoms with Gasteiger partial charge >= 0.3 is 5.97 Å². The summed E-state index contributed by atoms with van der Waals surface area (Å²) in [5, 5.41) is 0.672. The standard InChI is InChI=1S/C18H11BrClNO2/c19-14-3-1-2-13(10-14)11-16-18(22)23-17(21-16)9-6-12-4-7-15(20)8-5-12/h1-11H/b9-6+,16-11+. The third kappa shape index (κ3) is 4.18. The molecule has 0 amide bonds. The molecular formula is C18H11BrClNO2. The van der Waals surface area contributed by atoms with E-state index in [2.05, 4.69) is 20.9 Å². The van der Waals surface area contributed by atoms with Crippen LogP contribution in [0.15, 0.2) is 69.8 Å². The van der Waals surface area contributed by atoms with E-state index in [1.807, 2.05) is 42.5 Å². The number of carbonyl (C=O) groups is 1. The Balaban J connectivity index is 1.79. The Bertz CT molecular complexity index is 838. The highest BCUT2D eigenvalue weighted by atomic mass is 79.9. The van der Waals surface area contributed by atoms with Gasteiger partial charge in [0.25, 0.3) is 0 Å². The largest absolute Gasteiger partial charge is 0.403 e. The summed E-state index contributed by atoms with van der Waals surface area (Å²) < 4.78 is 6.08. The van der Waals surface area contributed by atoms with Crippen LogP contribution < -0.4 is 0 Å². The fourth-order valence-corrected chi connectivity index (χ4v) is 2.54. The van der Waals surface area contributed by atoms with Crippen molar-refractivity contribution < 1.29 is 9.53 Å². The zero-order valence-electron chi connectivity index (χ0n) is 11.9. The van der Waals surface area contributed by atoms with Crippen LogP contribution in [0.5, 0.6) is 0 Å². The van der Waals surface area contributed by atoms with E-state index in [4.69, 9.17) is 16.3 Å². The van der Waals surface area contributed by atoms with Crippen LogP contribution in [-0.4, -0.2) is 11.9 Å². The van der Waals surface area contributed by atoms with E-state index in [0.29, 0.717) is 5.02 Å². The van der Waals surface area contributed by atoms with Gasteiger partial charge in [0.2, 0.25) is 5.90 Å². The molecule has 23 heavy (non-hydrogen) atoms. The minimum Gasteiger partial charge on any atom is -0.403 e. The van der Waals surface area contributed by atoms with Gasteiger partial charge in [0.15, 0.2) is 5.70 Å². The average molecular weight is 389 g/mol. The van der Waals surface area contributed by atoms with Crippen molar-refractivity contribution in [3.05, 3.63) is 80.9 Å². The molecule has 0 saturated carbocycles. The van der Waals surface area contributed by atoms with Crippen molar-refractivity contribution in [1.29, 1.82) is 0 Å². The number of carbonyl (C=O) groups excluding carboxylic acids is 1. The lowest BCUT2D eigenvalue weighted by Crippen LogP contribution is -2.01. The van der Waals surface area contributed by atoms with E-state index in [9.17, 15) is 4.79 Å². The molecule has 0 spiro atoms. The Morgan fingerprint density at radius 3 is 2.57 bits per heavy atom. The number of nitrogens with zero attached hydrogens (tertiary/aromatic N) is 1. The fraction of sp³-hybridized carbons (Fsp3) is 0. The number of rotatable bonds is 3. The van der Waals surface area contributed by atoms with Crippen LogP contribution >= 0.6 is 27.5 Å². The summed E-state index contributed by atoms with van der Waals surface area (Å²) in [5.41, 5.74) is 2.09. The summed E-state index contributed by atoms with van der Waals surface area (Å²) in [6, 6.07) is 14.9. The first-order valence-corrected chi connectivity index (χ1v) is 7.99. The van der Waals surface area contributed by atoms with E-state index in [1.165, 1.54) is 0 Å². The van der Waals surface area contributed by atoms with Gasteiger partial charge in [-0.1, -0.05) is 51.8 Å². The van der Waals surface area contributed by atoms with E-state index in [1.54, 1.807) is 24.3 Å². The van der Waals surface area contributed by atoms with Crippen molar-refractivity contribution in [2.75, 3.05) is 0 Å². The molecule has 3 rings (SSSR count). The Labute approximate surface area is 147 Å². The first-order valence-electron chi connectivity index (χ1n) is 6.82. The third-order valence-corrected chi connectivity index (χ3v) is 3.82. The zero-order valence-corrected chi connectivity index (χ0v) is 14.2. The molecular weight excluding hydrogens is 378 g/mol. The number of hydrogen-bond donors (Lipinski definition) is 0. The van der Waals surface area contributed by atoms with E-state index < -0.39 is 5.97 Å². The summed E-state index contributed by atoms with van der Waals surface area (Å²) in [6.45, 7) is 0. The number of ether oxygens (including phenoxy) is 1. The second kappa shape index (κ2) is 6.94. The Kier molecular flexibility index (Phi) is 4.74. The lowest BCUT2D eigenvalue weighted by atomic mass is 10.2. The SMILES string of the molecule is O=C1OC(/C=C/c2ccc(Cl)cc2)=NC/1=C/c1cccc(Br)c1. The van der Waals surface area contributed by atoms with Crippen molar-refractivity contribution >= 4 is 51.5 Å². The Morgan fingerprint density at radius 1 is 1.04 bits per heavy atom. The van der Waals surface area contributed by atoms with Crippen LogP contribution in [0.4, 0.5) is 0 Å². The Hall–Kier alpha value is -2.17. The molecule has 5 heteroatoms. The van der Waals surface area contributed by atoms with Crippen LogP contribution in [0.3, 0.4) is 0 Å². The van der Waals surface area contributed by atoms with Gasteiger partial charge in [-0.05, 0) is 47.5 Å². The van der Waals surface area contributed by atoms with Crippen LogP contribution in [0.1, 0.15) is 11.1 Å². The van der Waals surface area contributed by atoms with Gasteiger partial charge < -0.3 is 4.74 Å². The van der Waals surface area contributed by atoms with Gasteiger partial charge in [-0.15, -0.1) is 0 Å². The predicted octanol–water partition coefficient (Wildman–Crippen LogP) is 5.11. The minimum absolute atomic E-state index is 0.270. The molecule has 1 aliphatic rings. The monoisotopic (exact) mass is 387 g/mol. The van der Waals surface area contributed by atoms with Crippen LogP contribution in [0.25, 0.3) is 12.2 Å². The highest BCUT2D eigenvalue weighted by Crippen LogP contribution is 2.19. The topological polar surface area (TPSA) is 38.7 Å². The predicted molar refractivity (Wildman–Crippen MR) is 96.1 cm³/mol. The average Bonchev–Trinajstić information content (AvgIpc) is 2.87.